The van der Waals surface area contributed by atoms with E-state index in [1.165, 1.54) is 29.8 Å². The Bertz CT molecular complexity index is 1270. The Morgan fingerprint density at radius 1 is 0.917 bits per heavy atom. The van der Waals surface area contributed by atoms with Crippen molar-refractivity contribution < 1.29 is 18.8 Å². The topological polar surface area (TPSA) is 87.5 Å². The fourth-order valence-electron chi connectivity index (χ4n) is 4.80. The molecule has 0 spiro atoms. The molecule has 36 heavy (non-hydrogen) atoms. The zero-order chi connectivity index (χ0) is 25.1. The van der Waals surface area contributed by atoms with Crippen molar-refractivity contribution in [2.24, 2.45) is 0 Å². The van der Waals surface area contributed by atoms with Crippen LogP contribution in [0.3, 0.4) is 0 Å². The largest absolute Gasteiger partial charge is 0.354 e. The molecule has 0 aliphatic carbocycles. The van der Waals surface area contributed by atoms with Crippen LogP contribution < -0.4 is 5.32 Å². The Morgan fingerprint density at radius 2 is 1.67 bits per heavy atom. The van der Waals surface area contributed by atoms with Crippen molar-refractivity contribution in [2.75, 3.05) is 26.2 Å². The van der Waals surface area contributed by atoms with Gasteiger partial charge in [-0.2, -0.15) is 5.10 Å². The fourth-order valence-corrected chi connectivity index (χ4v) is 4.80. The number of amides is 3. The maximum absolute atomic E-state index is 13.6. The summed E-state index contributed by atoms with van der Waals surface area (Å²) in [4.78, 5) is 41.8. The molecule has 1 aromatic heterocycles. The Balaban J connectivity index is 1.43. The number of carbonyl (C=O) groups excluding carboxylic acids is 3. The molecule has 0 saturated carbocycles. The Hall–Kier alpha value is -4.01. The van der Waals surface area contributed by atoms with E-state index >= 15 is 0 Å². The van der Waals surface area contributed by atoms with Crippen LogP contribution in [0.25, 0.3) is 0 Å². The van der Waals surface area contributed by atoms with Crippen LogP contribution in [-0.2, 0) is 30.7 Å². The molecular weight excluding hydrogens is 461 g/mol. The molecule has 9 heteroatoms. The smallest absolute Gasteiger partial charge is 0.274 e. The molecule has 3 aromatic rings. The second-order valence-corrected chi connectivity index (χ2v) is 9.11. The van der Waals surface area contributed by atoms with E-state index in [9.17, 15) is 18.8 Å². The van der Waals surface area contributed by atoms with Gasteiger partial charge in [0.05, 0.1) is 6.54 Å². The lowest BCUT2D eigenvalue weighted by molar-refractivity contribution is -0.120. The van der Waals surface area contributed by atoms with E-state index in [1.54, 1.807) is 9.80 Å². The van der Waals surface area contributed by atoms with Crippen LogP contribution in [0.1, 0.15) is 44.1 Å². The average Bonchev–Trinajstić information content (AvgIpc) is 3.12. The van der Waals surface area contributed by atoms with E-state index in [4.69, 9.17) is 5.10 Å². The number of fused-ring (bicyclic) bond motifs is 1. The number of hydrogen-bond acceptors (Lipinski definition) is 4. The molecule has 8 nitrogen and oxygen atoms in total. The second kappa shape index (κ2) is 10.3. The first-order valence-electron chi connectivity index (χ1n) is 12.2. The number of aryl methyl sites for hydroxylation is 2. The molecule has 3 amide bonds. The van der Waals surface area contributed by atoms with E-state index in [-0.39, 0.29) is 30.7 Å². The van der Waals surface area contributed by atoms with Crippen LogP contribution in [0.2, 0.25) is 0 Å². The van der Waals surface area contributed by atoms with Gasteiger partial charge in [0.1, 0.15) is 5.82 Å². The quantitative estimate of drug-likeness (QED) is 0.597. The summed E-state index contributed by atoms with van der Waals surface area (Å²) in [5.41, 5.74) is 3.63. The standard InChI is InChI=1S/C27H28FN5O3/c28-21-8-6-20(7-9-21)26(35)32-14-11-23-22(18-32)25(27(36)31-15-12-24(34)29-13-17-31)30-33(23)16-10-19-4-2-1-3-5-19/h1-9H,10-18H2,(H,29,34). The van der Waals surface area contributed by atoms with Crippen LogP contribution in [0.5, 0.6) is 0 Å². The number of rotatable bonds is 5. The number of aromatic nitrogens is 2. The summed E-state index contributed by atoms with van der Waals surface area (Å²) in [5.74, 6) is -0.903. The molecule has 0 bridgehead atoms. The molecule has 0 radical (unpaired) electrons. The third-order valence-corrected chi connectivity index (χ3v) is 6.77. The zero-order valence-electron chi connectivity index (χ0n) is 20.0. The summed E-state index contributed by atoms with van der Waals surface area (Å²) in [6.07, 6.45) is 1.58. The zero-order valence-corrected chi connectivity index (χ0v) is 20.0. The summed E-state index contributed by atoms with van der Waals surface area (Å²) in [7, 11) is 0. The first-order valence-corrected chi connectivity index (χ1v) is 12.2. The number of carbonyl (C=O) groups is 3. The van der Waals surface area contributed by atoms with Gasteiger partial charge in [0.2, 0.25) is 5.91 Å². The van der Waals surface area contributed by atoms with E-state index in [1.807, 2.05) is 22.9 Å². The molecule has 1 saturated heterocycles. The van der Waals surface area contributed by atoms with Gasteiger partial charge >= 0.3 is 0 Å². The Morgan fingerprint density at radius 3 is 2.44 bits per heavy atom. The SMILES string of the molecule is O=C1CCN(C(=O)c2nn(CCc3ccccc3)c3c2CN(C(=O)c2ccc(F)cc2)CC3)CCN1. The van der Waals surface area contributed by atoms with E-state index in [0.29, 0.717) is 50.4 Å². The lowest BCUT2D eigenvalue weighted by Crippen LogP contribution is -2.38. The first kappa shape index (κ1) is 23.7. The summed E-state index contributed by atoms with van der Waals surface area (Å²) in [5, 5.41) is 7.54. The highest BCUT2D eigenvalue weighted by Gasteiger charge is 2.32. The van der Waals surface area contributed by atoms with Gasteiger partial charge in [0.15, 0.2) is 5.69 Å². The van der Waals surface area contributed by atoms with Gasteiger partial charge in [-0.15, -0.1) is 0 Å². The normalized spacial score (nSPS) is 15.8. The molecule has 0 unspecified atom stereocenters. The van der Waals surface area contributed by atoms with Crippen LogP contribution in [-0.4, -0.2) is 63.5 Å². The predicted octanol–water partition coefficient (Wildman–Crippen LogP) is 2.43. The highest BCUT2D eigenvalue weighted by molar-refractivity contribution is 5.96. The van der Waals surface area contributed by atoms with Gasteiger partial charge in [0.25, 0.3) is 11.8 Å². The number of hydrogen-bond donors (Lipinski definition) is 1. The van der Waals surface area contributed by atoms with Crippen molar-refractivity contribution in [1.29, 1.82) is 0 Å². The Labute approximate surface area is 208 Å². The maximum Gasteiger partial charge on any atom is 0.274 e. The monoisotopic (exact) mass is 489 g/mol. The van der Waals surface area contributed by atoms with Crippen molar-refractivity contribution in [1.82, 2.24) is 24.9 Å². The summed E-state index contributed by atoms with van der Waals surface area (Å²) < 4.78 is 15.3. The van der Waals surface area contributed by atoms with Gasteiger partial charge in [-0.1, -0.05) is 30.3 Å². The molecule has 2 aliphatic rings. The molecule has 186 valence electrons. The van der Waals surface area contributed by atoms with E-state index in [0.717, 1.165) is 17.7 Å². The van der Waals surface area contributed by atoms with Crippen LogP contribution in [0.4, 0.5) is 4.39 Å². The highest BCUT2D eigenvalue weighted by atomic mass is 19.1. The third kappa shape index (κ3) is 5.00. The van der Waals surface area contributed by atoms with Gasteiger partial charge in [-0.3, -0.25) is 19.1 Å². The van der Waals surface area contributed by atoms with Gasteiger partial charge in [-0.25, -0.2) is 4.39 Å². The number of halogens is 1. The lowest BCUT2D eigenvalue weighted by atomic mass is 10.0. The minimum atomic E-state index is -0.398. The van der Waals surface area contributed by atoms with Crippen LogP contribution >= 0.6 is 0 Å². The number of nitrogens with zero attached hydrogens (tertiary/aromatic N) is 4. The van der Waals surface area contributed by atoms with Gasteiger partial charge < -0.3 is 15.1 Å². The predicted molar refractivity (Wildman–Crippen MR) is 131 cm³/mol. The van der Waals surface area contributed by atoms with Gasteiger partial charge in [0, 0.05) is 62.4 Å². The lowest BCUT2D eigenvalue weighted by Gasteiger charge is -2.28. The summed E-state index contributed by atoms with van der Waals surface area (Å²) >= 11 is 0. The van der Waals surface area contributed by atoms with Gasteiger partial charge in [-0.05, 0) is 36.2 Å². The average molecular weight is 490 g/mol. The van der Waals surface area contributed by atoms with Crippen molar-refractivity contribution in [3.05, 3.63) is 88.5 Å². The molecule has 0 atom stereocenters. The number of nitrogens with one attached hydrogen (secondary N) is 1. The summed E-state index contributed by atoms with van der Waals surface area (Å²) in [6, 6.07) is 15.6. The van der Waals surface area contributed by atoms with Crippen molar-refractivity contribution in [3.8, 4) is 0 Å². The first-order chi connectivity index (χ1) is 17.5. The third-order valence-electron chi connectivity index (χ3n) is 6.77. The molecule has 5 rings (SSSR count). The molecule has 2 aliphatic heterocycles. The van der Waals surface area contributed by atoms with E-state index in [2.05, 4.69) is 17.4 Å². The minimum Gasteiger partial charge on any atom is -0.354 e. The number of benzene rings is 2. The molecule has 1 fully saturated rings. The van der Waals surface area contributed by atoms with Crippen molar-refractivity contribution in [2.45, 2.75) is 32.4 Å². The second-order valence-electron chi connectivity index (χ2n) is 9.11. The van der Waals surface area contributed by atoms with Crippen molar-refractivity contribution >= 4 is 17.7 Å². The molecule has 3 heterocycles. The van der Waals surface area contributed by atoms with Crippen LogP contribution in [0.15, 0.2) is 54.6 Å². The Kier molecular flexibility index (Phi) is 6.79. The van der Waals surface area contributed by atoms with E-state index < -0.39 is 5.82 Å². The molecule has 2 aromatic carbocycles. The summed E-state index contributed by atoms with van der Waals surface area (Å²) in [6.45, 7) is 2.49. The molecule has 1 N–H and O–H groups in total. The maximum atomic E-state index is 13.6. The minimum absolute atomic E-state index is 0.0724. The van der Waals surface area contributed by atoms with Crippen molar-refractivity contribution in [3.63, 3.8) is 0 Å². The van der Waals surface area contributed by atoms with Crippen LogP contribution in [0, 0.1) is 5.82 Å². The molecular formula is C27H28FN5O3. The fraction of sp³-hybridized carbons (Fsp3) is 0.333. The highest BCUT2D eigenvalue weighted by Crippen LogP contribution is 2.26.